The van der Waals surface area contributed by atoms with Crippen LogP contribution in [0.15, 0.2) is 18.2 Å². The third kappa shape index (κ3) is 4.24. The molecule has 1 aromatic carbocycles. The minimum atomic E-state index is -0.172. The van der Waals surface area contributed by atoms with E-state index in [1.807, 2.05) is 12.1 Å². The molecule has 1 aliphatic carbocycles. The van der Waals surface area contributed by atoms with Crippen LogP contribution in [0.2, 0.25) is 0 Å². The predicted molar refractivity (Wildman–Crippen MR) is 86.2 cm³/mol. The van der Waals surface area contributed by atoms with Gasteiger partial charge in [-0.05, 0) is 48.9 Å². The van der Waals surface area contributed by atoms with E-state index in [0.717, 1.165) is 25.7 Å². The second-order valence-electron chi connectivity index (χ2n) is 6.54. The maximum absolute atomic E-state index is 9.66. The van der Waals surface area contributed by atoms with E-state index in [1.54, 1.807) is 6.07 Å². The lowest BCUT2D eigenvalue weighted by molar-refractivity contribution is 0.302. The van der Waals surface area contributed by atoms with Gasteiger partial charge in [0.25, 0.3) is 0 Å². The zero-order valence-corrected chi connectivity index (χ0v) is 13.2. The molecule has 0 amide bonds. The fraction of sp³-hybridized carbons (Fsp3) is 0.632. The average molecular weight is 285 g/mol. The average Bonchev–Trinajstić information content (AvgIpc) is 2.51. The van der Waals surface area contributed by atoms with Crippen molar-refractivity contribution >= 4 is 0 Å². The Morgan fingerprint density at radius 1 is 1.14 bits per heavy atom. The fourth-order valence-electron chi connectivity index (χ4n) is 3.45. The summed E-state index contributed by atoms with van der Waals surface area (Å²) in [5.41, 5.74) is 2.31. The number of aromatic hydroxyl groups is 1. The number of unbranched alkanes of at least 4 members (excludes halogenated alkanes) is 5. The van der Waals surface area contributed by atoms with Gasteiger partial charge >= 0.3 is 0 Å². The van der Waals surface area contributed by atoms with E-state index in [2.05, 4.69) is 13.0 Å². The van der Waals surface area contributed by atoms with Gasteiger partial charge in [0.15, 0.2) is 0 Å². The number of hydrogen-bond donors (Lipinski definition) is 1. The molecule has 0 bridgehead atoms. The Bertz CT molecular complexity index is 503. The Balaban J connectivity index is 1.88. The van der Waals surface area contributed by atoms with Gasteiger partial charge in [-0.25, -0.2) is 0 Å². The van der Waals surface area contributed by atoms with Gasteiger partial charge in [0.1, 0.15) is 5.75 Å². The summed E-state index contributed by atoms with van der Waals surface area (Å²) >= 11 is 0. The summed E-state index contributed by atoms with van der Waals surface area (Å²) in [6.07, 6.45) is 11.4. The molecule has 0 heterocycles. The van der Waals surface area contributed by atoms with Gasteiger partial charge in [0, 0.05) is 0 Å². The molecule has 0 saturated carbocycles. The normalized spacial score (nSPS) is 20.8. The van der Waals surface area contributed by atoms with Crippen LogP contribution in [0.4, 0.5) is 0 Å². The molecule has 2 rings (SSSR count). The second-order valence-corrected chi connectivity index (χ2v) is 6.54. The number of nitriles is 1. The van der Waals surface area contributed by atoms with Crippen LogP contribution in [-0.4, -0.2) is 5.11 Å². The summed E-state index contributed by atoms with van der Waals surface area (Å²) in [5, 5.41) is 19.2. The van der Waals surface area contributed by atoms with Crippen molar-refractivity contribution in [1.82, 2.24) is 0 Å². The van der Waals surface area contributed by atoms with Crippen LogP contribution in [0, 0.1) is 16.7 Å². The third-order valence-corrected chi connectivity index (χ3v) is 4.84. The molecule has 0 radical (unpaired) electrons. The standard InChI is InChI=1S/C19H27NO/c1-2-3-4-5-6-7-11-19(15-20)12-10-16-13-18(21)9-8-17(16)14-19/h8-9,13,21H,2-7,10-12,14H2,1H3. The molecule has 1 atom stereocenters. The molecular formula is C19H27NO. The van der Waals surface area contributed by atoms with Crippen molar-refractivity contribution < 1.29 is 5.11 Å². The van der Waals surface area contributed by atoms with E-state index in [9.17, 15) is 10.4 Å². The molecule has 0 aliphatic heterocycles. The summed E-state index contributed by atoms with van der Waals surface area (Å²) < 4.78 is 0. The highest BCUT2D eigenvalue weighted by atomic mass is 16.3. The highest BCUT2D eigenvalue weighted by Gasteiger charge is 2.34. The second kappa shape index (κ2) is 7.50. The number of phenols is 1. The SMILES string of the molecule is CCCCCCCCC1(C#N)CCc2cc(O)ccc2C1. The molecule has 1 aliphatic rings. The molecule has 1 unspecified atom stereocenters. The molecule has 21 heavy (non-hydrogen) atoms. The zero-order chi connectivity index (χ0) is 15.1. The van der Waals surface area contributed by atoms with Crippen LogP contribution in [-0.2, 0) is 12.8 Å². The summed E-state index contributed by atoms with van der Waals surface area (Å²) in [5.74, 6) is 0.342. The largest absolute Gasteiger partial charge is 0.508 e. The Morgan fingerprint density at radius 3 is 2.67 bits per heavy atom. The molecule has 0 saturated heterocycles. The lowest BCUT2D eigenvalue weighted by atomic mass is 9.70. The van der Waals surface area contributed by atoms with Gasteiger partial charge in [-0.3, -0.25) is 0 Å². The van der Waals surface area contributed by atoms with Gasteiger partial charge in [-0.15, -0.1) is 0 Å². The Kier molecular flexibility index (Phi) is 5.67. The maximum Gasteiger partial charge on any atom is 0.115 e. The molecule has 1 aromatic rings. The zero-order valence-electron chi connectivity index (χ0n) is 13.2. The van der Waals surface area contributed by atoms with E-state index < -0.39 is 0 Å². The van der Waals surface area contributed by atoms with Crippen molar-refractivity contribution in [3.63, 3.8) is 0 Å². The number of rotatable bonds is 7. The lowest BCUT2D eigenvalue weighted by Crippen LogP contribution is -2.27. The summed E-state index contributed by atoms with van der Waals surface area (Å²) in [6.45, 7) is 2.24. The first-order valence-corrected chi connectivity index (χ1v) is 8.41. The van der Waals surface area contributed by atoms with Crippen LogP contribution in [0.25, 0.3) is 0 Å². The van der Waals surface area contributed by atoms with Crippen LogP contribution >= 0.6 is 0 Å². The van der Waals surface area contributed by atoms with Crippen molar-refractivity contribution in [3.05, 3.63) is 29.3 Å². The van der Waals surface area contributed by atoms with E-state index in [0.29, 0.717) is 5.75 Å². The quantitative estimate of drug-likeness (QED) is 0.705. The van der Waals surface area contributed by atoms with Gasteiger partial charge in [0.05, 0.1) is 11.5 Å². The first-order valence-electron chi connectivity index (χ1n) is 8.41. The van der Waals surface area contributed by atoms with Gasteiger partial charge in [0.2, 0.25) is 0 Å². The summed E-state index contributed by atoms with van der Waals surface area (Å²) in [6, 6.07) is 8.22. The minimum absolute atomic E-state index is 0.172. The van der Waals surface area contributed by atoms with Crippen LogP contribution < -0.4 is 0 Å². The van der Waals surface area contributed by atoms with E-state index in [1.165, 1.54) is 49.7 Å². The van der Waals surface area contributed by atoms with Crippen molar-refractivity contribution in [2.24, 2.45) is 5.41 Å². The van der Waals surface area contributed by atoms with Gasteiger partial charge in [-0.1, -0.05) is 51.5 Å². The van der Waals surface area contributed by atoms with E-state index in [4.69, 9.17) is 0 Å². The fourth-order valence-corrected chi connectivity index (χ4v) is 3.45. The molecule has 2 heteroatoms. The number of hydrogen-bond acceptors (Lipinski definition) is 2. The Morgan fingerprint density at radius 2 is 1.90 bits per heavy atom. The molecule has 0 fully saturated rings. The number of fused-ring (bicyclic) bond motifs is 1. The minimum Gasteiger partial charge on any atom is -0.508 e. The molecule has 2 nitrogen and oxygen atoms in total. The number of nitrogens with zero attached hydrogens (tertiary/aromatic N) is 1. The van der Waals surface area contributed by atoms with Crippen LogP contribution in [0.1, 0.15) is 69.4 Å². The molecular weight excluding hydrogens is 258 g/mol. The van der Waals surface area contributed by atoms with Crippen molar-refractivity contribution in [1.29, 1.82) is 5.26 Å². The Hall–Kier alpha value is -1.49. The monoisotopic (exact) mass is 285 g/mol. The van der Waals surface area contributed by atoms with Gasteiger partial charge < -0.3 is 5.11 Å². The smallest absolute Gasteiger partial charge is 0.115 e. The van der Waals surface area contributed by atoms with Gasteiger partial charge in [-0.2, -0.15) is 5.26 Å². The van der Waals surface area contributed by atoms with E-state index in [-0.39, 0.29) is 5.41 Å². The lowest BCUT2D eigenvalue weighted by Gasteiger charge is -2.32. The van der Waals surface area contributed by atoms with Crippen LogP contribution in [0.3, 0.4) is 0 Å². The van der Waals surface area contributed by atoms with Crippen LogP contribution in [0.5, 0.6) is 5.75 Å². The highest BCUT2D eigenvalue weighted by molar-refractivity contribution is 5.38. The number of aryl methyl sites for hydroxylation is 1. The molecule has 0 spiro atoms. The molecule has 114 valence electrons. The van der Waals surface area contributed by atoms with Crippen molar-refractivity contribution in [3.8, 4) is 11.8 Å². The predicted octanol–water partition coefficient (Wildman–Crippen LogP) is 5.14. The van der Waals surface area contributed by atoms with Crippen molar-refractivity contribution in [2.45, 2.75) is 71.1 Å². The number of phenolic OH excluding ortho intramolecular Hbond substituents is 1. The summed E-state index contributed by atoms with van der Waals surface area (Å²) in [7, 11) is 0. The Labute approximate surface area is 128 Å². The first kappa shape index (κ1) is 15.9. The third-order valence-electron chi connectivity index (χ3n) is 4.84. The molecule has 0 aromatic heterocycles. The van der Waals surface area contributed by atoms with Crippen molar-refractivity contribution in [2.75, 3.05) is 0 Å². The maximum atomic E-state index is 9.66. The summed E-state index contributed by atoms with van der Waals surface area (Å²) in [4.78, 5) is 0. The highest BCUT2D eigenvalue weighted by Crippen LogP contribution is 2.40. The topological polar surface area (TPSA) is 44.0 Å². The first-order chi connectivity index (χ1) is 10.2. The molecule has 1 N–H and O–H groups in total. The number of benzene rings is 1. The van der Waals surface area contributed by atoms with E-state index >= 15 is 0 Å².